The van der Waals surface area contributed by atoms with Crippen molar-refractivity contribution < 1.29 is 14.4 Å². The smallest absolute Gasteiger partial charge is 0.251 e. The van der Waals surface area contributed by atoms with E-state index in [1.165, 1.54) is 6.92 Å². The number of benzene rings is 2. The molecule has 0 aliphatic carbocycles. The zero-order valence-corrected chi connectivity index (χ0v) is 19.5. The Morgan fingerprint density at radius 2 is 1.83 bits per heavy atom. The van der Waals surface area contributed by atoms with Crippen molar-refractivity contribution in [2.75, 3.05) is 11.9 Å². The number of fused-ring (bicyclic) bond motifs is 11. The van der Waals surface area contributed by atoms with Gasteiger partial charge in [-0.05, 0) is 61.2 Å². The molecule has 6 bridgehead atoms. The van der Waals surface area contributed by atoms with Gasteiger partial charge in [-0.3, -0.25) is 14.4 Å². The maximum Gasteiger partial charge on any atom is 0.251 e. The van der Waals surface area contributed by atoms with Crippen LogP contribution in [0.2, 0.25) is 0 Å². The van der Waals surface area contributed by atoms with Crippen LogP contribution in [0.4, 0.5) is 11.6 Å². The molecule has 1 atom stereocenters. The average Bonchev–Trinajstić information content (AvgIpc) is 2.86. The fourth-order valence-corrected chi connectivity index (χ4v) is 3.86. The van der Waals surface area contributed by atoms with Gasteiger partial charge in [-0.15, -0.1) is 0 Å². The second kappa shape index (κ2) is 11.2. The SMILES string of the molecule is CC(=O)NC1CCCCNC(=O)c2ccc(cc2)Nc2nccc(n2)-c2cccc(c2)CNC1=O. The Balaban J connectivity index is 1.60. The van der Waals surface area contributed by atoms with E-state index in [9.17, 15) is 14.4 Å². The minimum absolute atomic E-state index is 0.170. The number of aromatic nitrogens is 2. The van der Waals surface area contributed by atoms with Crippen molar-refractivity contribution in [3.05, 3.63) is 71.9 Å². The molecule has 3 heterocycles. The molecule has 0 spiro atoms. The molecule has 35 heavy (non-hydrogen) atoms. The van der Waals surface area contributed by atoms with Crippen molar-refractivity contribution in [1.82, 2.24) is 25.9 Å². The fourth-order valence-electron chi connectivity index (χ4n) is 3.86. The predicted molar refractivity (Wildman–Crippen MR) is 133 cm³/mol. The first-order chi connectivity index (χ1) is 17.0. The van der Waals surface area contributed by atoms with Crippen LogP contribution in [0.5, 0.6) is 0 Å². The number of carbonyl (C=O) groups excluding carboxylic acids is 3. The largest absolute Gasteiger partial charge is 0.352 e. The van der Waals surface area contributed by atoms with Crippen LogP contribution in [0.15, 0.2) is 60.8 Å². The topological polar surface area (TPSA) is 125 Å². The van der Waals surface area contributed by atoms with Crippen molar-refractivity contribution in [2.24, 2.45) is 0 Å². The minimum Gasteiger partial charge on any atom is -0.352 e. The summed E-state index contributed by atoms with van der Waals surface area (Å²) in [5.41, 5.74) is 3.84. The second-order valence-corrected chi connectivity index (χ2v) is 8.39. The van der Waals surface area contributed by atoms with Crippen LogP contribution in [0.3, 0.4) is 0 Å². The van der Waals surface area contributed by atoms with E-state index in [0.29, 0.717) is 43.9 Å². The summed E-state index contributed by atoms with van der Waals surface area (Å²) < 4.78 is 0. The Morgan fingerprint density at radius 1 is 1.00 bits per heavy atom. The van der Waals surface area contributed by atoms with Crippen LogP contribution in [-0.4, -0.2) is 40.3 Å². The van der Waals surface area contributed by atoms with E-state index in [0.717, 1.165) is 22.5 Å². The third-order valence-corrected chi connectivity index (χ3v) is 5.65. The summed E-state index contributed by atoms with van der Waals surface area (Å²) in [6.45, 7) is 2.19. The van der Waals surface area contributed by atoms with E-state index < -0.39 is 6.04 Å². The Kier molecular flexibility index (Phi) is 7.67. The summed E-state index contributed by atoms with van der Waals surface area (Å²) >= 11 is 0. The van der Waals surface area contributed by atoms with Gasteiger partial charge in [0.1, 0.15) is 6.04 Å². The summed E-state index contributed by atoms with van der Waals surface area (Å²) in [4.78, 5) is 45.8. The van der Waals surface area contributed by atoms with Crippen LogP contribution < -0.4 is 21.3 Å². The number of carbonyl (C=O) groups is 3. The third kappa shape index (κ3) is 6.63. The summed E-state index contributed by atoms with van der Waals surface area (Å²) in [7, 11) is 0. The molecule has 2 aliphatic heterocycles. The molecule has 2 aliphatic rings. The number of anilines is 2. The summed E-state index contributed by atoms with van der Waals surface area (Å²) in [5.74, 6) is -0.241. The van der Waals surface area contributed by atoms with Crippen molar-refractivity contribution in [3.63, 3.8) is 0 Å². The van der Waals surface area contributed by atoms with E-state index in [4.69, 9.17) is 0 Å². The molecule has 4 N–H and O–H groups in total. The molecule has 0 saturated carbocycles. The lowest BCUT2D eigenvalue weighted by Gasteiger charge is -2.18. The highest BCUT2D eigenvalue weighted by Crippen LogP contribution is 2.21. The molecule has 9 heteroatoms. The van der Waals surface area contributed by atoms with Gasteiger partial charge in [0.15, 0.2) is 0 Å². The standard InChI is InChI=1S/C26H28N6O3/c1-17(33)30-23-7-2-3-13-27-24(34)19-8-10-21(11-9-19)31-26-28-14-12-22(32-26)20-6-4-5-18(15-20)16-29-25(23)35/h4-6,8-12,14-15,23H,2-3,7,13,16H2,1H3,(H,27,34)(H,29,35)(H,30,33)(H,28,31,32). The van der Waals surface area contributed by atoms with E-state index in [-0.39, 0.29) is 17.7 Å². The van der Waals surface area contributed by atoms with Crippen LogP contribution in [0.1, 0.15) is 42.1 Å². The first-order valence-corrected chi connectivity index (χ1v) is 11.6. The number of hydrogen-bond donors (Lipinski definition) is 4. The number of nitrogens with zero attached hydrogens (tertiary/aromatic N) is 2. The molecule has 9 nitrogen and oxygen atoms in total. The number of hydrogen-bond acceptors (Lipinski definition) is 6. The highest BCUT2D eigenvalue weighted by atomic mass is 16.2. The van der Waals surface area contributed by atoms with Gasteiger partial charge < -0.3 is 21.3 Å². The Labute approximate surface area is 203 Å². The van der Waals surface area contributed by atoms with Gasteiger partial charge in [0.25, 0.3) is 5.91 Å². The van der Waals surface area contributed by atoms with Crippen LogP contribution in [0.25, 0.3) is 11.3 Å². The van der Waals surface area contributed by atoms with E-state index in [2.05, 4.69) is 31.2 Å². The van der Waals surface area contributed by atoms with Crippen molar-refractivity contribution in [3.8, 4) is 11.3 Å². The van der Waals surface area contributed by atoms with Crippen LogP contribution in [-0.2, 0) is 16.1 Å². The molecular formula is C26H28N6O3. The molecule has 0 fully saturated rings. The van der Waals surface area contributed by atoms with Gasteiger partial charge in [0.05, 0.1) is 5.69 Å². The maximum absolute atomic E-state index is 12.8. The molecule has 3 aromatic rings. The number of rotatable bonds is 1. The lowest BCUT2D eigenvalue weighted by molar-refractivity contribution is -0.128. The zero-order valence-electron chi connectivity index (χ0n) is 19.5. The molecule has 5 rings (SSSR count). The lowest BCUT2D eigenvalue weighted by atomic mass is 10.1. The van der Waals surface area contributed by atoms with E-state index in [1.54, 1.807) is 18.3 Å². The van der Waals surface area contributed by atoms with Gasteiger partial charge in [-0.25, -0.2) is 9.97 Å². The Hall–Kier alpha value is -4.27. The first kappa shape index (κ1) is 23.9. The lowest BCUT2D eigenvalue weighted by Crippen LogP contribution is -2.45. The van der Waals surface area contributed by atoms with Crippen LogP contribution in [0, 0.1) is 0 Å². The van der Waals surface area contributed by atoms with E-state index in [1.807, 2.05) is 42.5 Å². The molecule has 180 valence electrons. The molecule has 0 saturated heterocycles. The van der Waals surface area contributed by atoms with Gasteiger partial charge >= 0.3 is 0 Å². The van der Waals surface area contributed by atoms with Gasteiger partial charge in [-0.1, -0.05) is 18.2 Å². The zero-order chi connectivity index (χ0) is 24.6. The first-order valence-electron chi connectivity index (χ1n) is 11.6. The molecule has 2 aromatic carbocycles. The minimum atomic E-state index is -0.636. The molecule has 1 unspecified atom stereocenters. The third-order valence-electron chi connectivity index (χ3n) is 5.65. The second-order valence-electron chi connectivity index (χ2n) is 8.39. The highest BCUT2D eigenvalue weighted by Gasteiger charge is 2.19. The monoisotopic (exact) mass is 472 g/mol. The Bertz CT molecular complexity index is 1210. The van der Waals surface area contributed by atoms with Crippen molar-refractivity contribution >= 4 is 29.4 Å². The maximum atomic E-state index is 12.8. The fraction of sp³-hybridized carbons (Fsp3) is 0.269. The number of amides is 3. The Morgan fingerprint density at radius 3 is 2.63 bits per heavy atom. The normalized spacial score (nSPS) is 16.8. The summed E-state index contributed by atoms with van der Waals surface area (Å²) in [5, 5.41) is 11.7. The van der Waals surface area contributed by atoms with Gasteiger partial charge in [0.2, 0.25) is 17.8 Å². The van der Waals surface area contributed by atoms with Crippen molar-refractivity contribution in [2.45, 2.75) is 38.8 Å². The van der Waals surface area contributed by atoms with Crippen LogP contribution >= 0.6 is 0 Å². The highest BCUT2D eigenvalue weighted by molar-refractivity contribution is 5.94. The average molecular weight is 473 g/mol. The van der Waals surface area contributed by atoms with E-state index >= 15 is 0 Å². The molecule has 1 aromatic heterocycles. The molecular weight excluding hydrogens is 444 g/mol. The molecule has 0 radical (unpaired) electrons. The van der Waals surface area contributed by atoms with Crippen molar-refractivity contribution in [1.29, 1.82) is 0 Å². The number of nitrogens with one attached hydrogen (secondary N) is 4. The molecule has 3 amide bonds. The summed E-state index contributed by atoms with van der Waals surface area (Å²) in [6.07, 6.45) is 3.51. The predicted octanol–water partition coefficient (Wildman–Crippen LogP) is 2.92. The summed E-state index contributed by atoms with van der Waals surface area (Å²) in [6, 6.07) is 16.0. The quantitative estimate of drug-likeness (QED) is 0.432. The van der Waals surface area contributed by atoms with Gasteiger partial charge in [0, 0.05) is 43.0 Å². The van der Waals surface area contributed by atoms with Gasteiger partial charge in [-0.2, -0.15) is 0 Å².